The lowest BCUT2D eigenvalue weighted by molar-refractivity contribution is -0.127. The number of carbonyl (C=O) groups is 2. The molecule has 0 saturated heterocycles. The van der Waals surface area contributed by atoms with Crippen molar-refractivity contribution in [3.05, 3.63) is 0 Å². The molecule has 5 heteroatoms. The molecule has 16 heavy (non-hydrogen) atoms. The molecule has 0 aliphatic heterocycles. The summed E-state index contributed by atoms with van der Waals surface area (Å²) in [4.78, 5) is 22.7. The number of amides is 2. The average Bonchev–Trinajstić information content (AvgIpc) is 2.21. The van der Waals surface area contributed by atoms with Crippen molar-refractivity contribution in [3.8, 4) is 6.07 Å². The van der Waals surface area contributed by atoms with Gasteiger partial charge in [-0.1, -0.05) is 13.3 Å². The summed E-state index contributed by atoms with van der Waals surface area (Å²) in [7, 11) is 0. The van der Waals surface area contributed by atoms with Crippen LogP contribution in [0.4, 0.5) is 0 Å². The van der Waals surface area contributed by atoms with Gasteiger partial charge in [0.15, 0.2) is 0 Å². The first kappa shape index (κ1) is 14.4. The summed E-state index contributed by atoms with van der Waals surface area (Å²) < 4.78 is 0. The molecule has 1 unspecified atom stereocenters. The molecule has 0 spiro atoms. The van der Waals surface area contributed by atoms with Crippen molar-refractivity contribution in [1.29, 1.82) is 5.26 Å². The Hall–Kier alpha value is -1.57. The van der Waals surface area contributed by atoms with Crippen LogP contribution in [0.1, 0.15) is 33.6 Å². The minimum atomic E-state index is -0.656. The number of rotatable bonds is 6. The number of nitrogens with one attached hydrogen (secondary N) is 2. The lowest BCUT2D eigenvalue weighted by Gasteiger charge is -2.11. The molecule has 0 aromatic heterocycles. The second kappa shape index (κ2) is 7.69. The molecule has 0 fully saturated rings. The Morgan fingerprint density at radius 2 is 2.00 bits per heavy atom. The average molecular weight is 225 g/mol. The lowest BCUT2D eigenvalue weighted by Crippen LogP contribution is -2.41. The summed E-state index contributed by atoms with van der Waals surface area (Å²) >= 11 is 0. The topological polar surface area (TPSA) is 82.0 Å². The molecule has 0 aliphatic rings. The summed E-state index contributed by atoms with van der Waals surface area (Å²) in [6.07, 6.45) is 1.29. The highest BCUT2D eigenvalue weighted by Crippen LogP contribution is 2.04. The SMILES string of the molecule is CCCC(C#N)C(=O)NCC(=O)NC(C)C. The zero-order valence-corrected chi connectivity index (χ0v) is 10.0. The van der Waals surface area contributed by atoms with E-state index in [9.17, 15) is 9.59 Å². The van der Waals surface area contributed by atoms with E-state index in [0.29, 0.717) is 6.42 Å². The van der Waals surface area contributed by atoms with Crippen LogP contribution in [0.15, 0.2) is 0 Å². The van der Waals surface area contributed by atoms with Crippen LogP contribution < -0.4 is 10.6 Å². The fourth-order valence-electron chi connectivity index (χ4n) is 1.21. The van der Waals surface area contributed by atoms with Crippen LogP contribution in [0.5, 0.6) is 0 Å². The Kier molecular flexibility index (Phi) is 6.93. The monoisotopic (exact) mass is 225 g/mol. The molecule has 0 aliphatic carbocycles. The number of nitriles is 1. The standard InChI is InChI=1S/C11H19N3O2/c1-4-5-9(6-12)11(16)13-7-10(15)14-8(2)3/h8-9H,4-5,7H2,1-3H3,(H,13,16)(H,14,15). The van der Waals surface area contributed by atoms with E-state index in [0.717, 1.165) is 6.42 Å². The molecule has 5 nitrogen and oxygen atoms in total. The van der Waals surface area contributed by atoms with Crippen molar-refractivity contribution >= 4 is 11.8 Å². The molecule has 0 heterocycles. The highest BCUT2D eigenvalue weighted by molar-refractivity contribution is 5.86. The fourth-order valence-corrected chi connectivity index (χ4v) is 1.21. The molecule has 0 bridgehead atoms. The Morgan fingerprint density at radius 3 is 2.44 bits per heavy atom. The molecule has 0 saturated carbocycles. The van der Waals surface area contributed by atoms with Gasteiger partial charge in [0.1, 0.15) is 5.92 Å². The maximum Gasteiger partial charge on any atom is 0.239 e. The molecule has 0 rings (SSSR count). The summed E-state index contributed by atoms with van der Waals surface area (Å²) in [5, 5.41) is 13.8. The third-order valence-electron chi connectivity index (χ3n) is 1.92. The Bertz CT molecular complexity index is 281. The second-order valence-corrected chi connectivity index (χ2v) is 3.91. The normalized spacial score (nSPS) is 11.7. The van der Waals surface area contributed by atoms with E-state index in [1.807, 2.05) is 26.8 Å². The van der Waals surface area contributed by atoms with Crippen LogP contribution in [0, 0.1) is 17.2 Å². The van der Waals surface area contributed by atoms with Crippen LogP contribution in [0.3, 0.4) is 0 Å². The smallest absolute Gasteiger partial charge is 0.239 e. The first-order chi connectivity index (χ1) is 7.51. The third-order valence-corrected chi connectivity index (χ3v) is 1.92. The van der Waals surface area contributed by atoms with Gasteiger partial charge in [-0.05, 0) is 20.3 Å². The number of hydrogen-bond acceptors (Lipinski definition) is 3. The second-order valence-electron chi connectivity index (χ2n) is 3.91. The van der Waals surface area contributed by atoms with Gasteiger partial charge < -0.3 is 10.6 Å². The van der Waals surface area contributed by atoms with Gasteiger partial charge in [0.05, 0.1) is 12.6 Å². The van der Waals surface area contributed by atoms with Crippen molar-refractivity contribution in [2.75, 3.05) is 6.54 Å². The van der Waals surface area contributed by atoms with Crippen molar-refractivity contribution < 1.29 is 9.59 Å². The Morgan fingerprint density at radius 1 is 1.38 bits per heavy atom. The predicted molar refractivity (Wildman–Crippen MR) is 60.3 cm³/mol. The van der Waals surface area contributed by atoms with E-state index in [4.69, 9.17) is 5.26 Å². The Labute approximate surface area is 96.2 Å². The first-order valence-electron chi connectivity index (χ1n) is 5.48. The zero-order chi connectivity index (χ0) is 12.6. The molecule has 0 radical (unpaired) electrons. The van der Waals surface area contributed by atoms with Crippen LogP contribution in [0.25, 0.3) is 0 Å². The third kappa shape index (κ3) is 6.02. The van der Waals surface area contributed by atoms with Crippen LogP contribution in [-0.4, -0.2) is 24.4 Å². The molecule has 90 valence electrons. The minimum Gasteiger partial charge on any atom is -0.352 e. The minimum absolute atomic E-state index is 0.0480. The predicted octanol–water partition coefficient (Wildman–Crippen LogP) is 0.567. The van der Waals surface area contributed by atoms with Crippen LogP contribution in [-0.2, 0) is 9.59 Å². The maximum absolute atomic E-state index is 11.4. The van der Waals surface area contributed by atoms with Crippen LogP contribution in [0.2, 0.25) is 0 Å². The molecule has 2 amide bonds. The molecular weight excluding hydrogens is 206 g/mol. The quantitative estimate of drug-likeness (QED) is 0.693. The fraction of sp³-hybridized carbons (Fsp3) is 0.727. The molecule has 0 aromatic rings. The van der Waals surface area contributed by atoms with Gasteiger partial charge in [-0.2, -0.15) is 5.26 Å². The van der Waals surface area contributed by atoms with Crippen LogP contribution >= 0.6 is 0 Å². The van der Waals surface area contributed by atoms with Gasteiger partial charge in [0.25, 0.3) is 0 Å². The Balaban J connectivity index is 3.97. The van der Waals surface area contributed by atoms with E-state index in [1.165, 1.54) is 0 Å². The van der Waals surface area contributed by atoms with Gasteiger partial charge in [-0.3, -0.25) is 9.59 Å². The number of nitrogens with zero attached hydrogens (tertiary/aromatic N) is 1. The summed E-state index contributed by atoms with van der Waals surface area (Å²) in [6.45, 7) is 5.52. The first-order valence-corrected chi connectivity index (χ1v) is 5.48. The van der Waals surface area contributed by atoms with E-state index in [2.05, 4.69) is 10.6 Å². The van der Waals surface area contributed by atoms with E-state index in [1.54, 1.807) is 0 Å². The van der Waals surface area contributed by atoms with Gasteiger partial charge in [-0.15, -0.1) is 0 Å². The molecule has 2 N–H and O–H groups in total. The molecular formula is C11H19N3O2. The highest BCUT2D eigenvalue weighted by atomic mass is 16.2. The molecule has 1 atom stereocenters. The maximum atomic E-state index is 11.4. The van der Waals surface area contributed by atoms with Crippen molar-refractivity contribution in [1.82, 2.24) is 10.6 Å². The summed E-state index contributed by atoms with van der Waals surface area (Å²) in [5.74, 6) is -1.27. The molecule has 0 aromatic carbocycles. The van der Waals surface area contributed by atoms with Crippen molar-refractivity contribution in [2.24, 2.45) is 5.92 Å². The number of carbonyl (C=O) groups excluding carboxylic acids is 2. The summed E-state index contributed by atoms with van der Waals surface area (Å²) in [5.41, 5.74) is 0. The van der Waals surface area contributed by atoms with E-state index in [-0.39, 0.29) is 24.4 Å². The van der Waals surface area contributed by atoms with Gasteiger partial charge >= 0.3 is 0 Å². The van der Waals surface area contributed by atoms with Gasteiger partial charge in [-0.25, -0.2) is 0 Å². The van der Waals surface area contributed by atoms with Gasteiger partial charge in [0.2, 0.25) is 11.8 Å². The van der Waals surface area contributed by atoms with Crippen molar-refractivity contribution in [3.63, 3.8) is 0 Å². The lowest BCUT2D eigenvalue weighted by atomic mass is 10.1. The largest absolute Gasteiger partial charge is 0.352 e. The van der Waals surface area contributed by atoms with Gasteiger partial charge in [0, 0.05) is 6.04 Å². The highest BCUT2D eigenvalue weighted by Gasteiger charge is 2.17. The number of hydrogen-bond donors (Lipinski definition) is 2. The van der Waals surface area contributed by atoms with E-state index < -0.39 is 5.92 Å². The zero-order valence-electron chi connectivity index (χ0n) is 10.0. The van der Waals surface area contributed by atoms with E-state index >= 15 is 0 Å². The summed E-state index contributed by atoms with van der Waals surface area (Å²) in [6, 6.07) is 1.97. The van der Waals surface area contributed by atoms with Crippen molar-refractivity contribution in [2.45, 2.75) is 39.7 Å².